The Balaban J connectivity index is 2.19. The minimum Gasteiger partial charge on any atom is -0.312 e. The molecule has 6 heteroatoms. The second-order valence-electron chi connectivity index (χ2n) is 4.64. The molecule has 0 fully saturated rings. The molecule has 21 heavy (non-hydrogen) atoms. The van der Waals surface area contributed by atoms with E-state index in [1.807, 2.05) is 19.1 Å². The summed E-state index contributed by atoms with van der Waals surface area (Å²) in [6.45, 7) is 5.44. The molecule has 2 rings (SSSR count). The first-order chi connectivity index (χ1) is 10.1. The molecule has 0 saturated heterocycles. The van der Waals surface area contributed by atoms with Crippen LogP contribution in [-0.4, -0.2) is 15.0 Å². The predicted molar refractivity (Wildman–Crippen MR) is 88.3 cm³/mol. The fourth-order valence-electron chi connectivity index (χ4n) is 1.95. The quantitative estimate of drug-likeness (QED) is 0.822. The Bertz CT molecular complexity index is 676. The van der Waals surface area contributed by atoms with E-state index in [0.29, 0.717) is 17.1 Å². The molecule has 114 valence electrons. The van der Waals surface area contributed by atoms with Crippen molar-refractivity contribution >= 4 is 27.0 Å². The first kappa shape index (κ1) is 16.0. The maximum atomic E-state index is 12.5. The third kappa shape index (κ3) is 4.06. The molecule has 0 atom stereocenters. The van der Waals surface area contributed by atoms with Gasteiger partial charge in [0.2, 0.25) is 0 Å². The van der Waals surface area contributed by atoms with E-state index in [1.165, 1.54) is 16.9 Å². The third-order valence-corrected chi connectivity index (χ3v) is 5.66. The fraction of sp³-hybridized carbons (Fsp3) is 0.333. The highest BCUT2D eigenvalue weighted by Crippen LogP contribution is 2.24. The van der Waals surface area contributed by atoms with Gasteiger partial charge in [0.15, 0.2) is 0 Å². The summed E-state index contributed by atoms with van der Waals surface area (Å²) < 4.78 is 27.6. The molecule has 1 heterocycles. The summed E-state index contributed by atoms with van der Waals surface area (Å²) in [4.78, 5) is 1.18. The minimum atomic E-state index is -3.53. The van der Waals surface area contributed by atoms with E-state index in [2.05, 4.69) is 17.0 Å². The third-order valence-electron chi connectivity index (χ3n) is 3.14. The molecule has 0 bridgehead atoms. The van der Waals surface area contributed by atoms with Crippen molar-refractivity contribution in [3.8, 4) is 0 Å². The van der Waals surface area contributed by atoms with Gasteiger partial charge in [-0.2, -0.15) is 0 Å². The predicted octanol–water partition coefficient (Wildman–Crippen LogP) is 3.22. The van der Waals surface area contributed by atoms with Crippen LogP contribution in [0.4, 0.5) is 5.69 Å². The summed E-state index contributed by atoms with van der Waals surface area (Å²) in [7, 11) is -3.53. The van der Waals surface area contributed by atoms with Crippen LogP contribution in [0, 0.1) is 0 Å². The molecule has 0 unspecified atom stereocenters. The molecule has 0 saturated carbocycles. The van der Waals surface area contributed by atoms with Gasteiger partial charge in [0.25, 0.3) is 10.0 Å². The van der Waals surface area contributed by atoms with E-state index in [1.54, 1.807) is 23.6 Å². The fourth-order valence-corrected chi connectivity index (χ4v) is 4.43. The maximum Gasteiger partial charge on any atom is 0.263 e. The van der Waals surface area contributed by atoms with Crippen molar-refractivity contribution in [1.29, 1.82) is 0 Å². The van der Waals surface area contributed by atoms with Crippen LogP contribution in [0.2, 0.25) is 0 Å². The standard InChI is InChI=1S/C15H20N2O2S2/c1-3-12-5-7-13(8-6-12)17-21(18,19)15-9-10-20-14(15)11-16-4-2/h5-10,16-17H,3-4,11H2,1-2H3. The molecule has 0 aliphatic heterocycles. The zero-order valence-electron chi connectivity index (χ0n) is 12.2. The van der Waals surface area contributed by atoms with Crippen LogP contribution in [0.25, 0.3) is 0 Å². The van der Waals surface area contributed by atoms with E-state index in [0.717, 1.165) is 17.8 Å². The Morgan fingerprint density at radius 2 is 1.81 bits per heavy atom. The van der Waals surface area contributed by atoms with Crippen molar-refractivity contribution in [3.05, 3.63) is 46.2 Å². The van der Waals surface area contributed by atoms with E-state index in [9.17, 15) is 8.42 Å². The summed E-state index contributed by atoms with van der Waals surface area (Å²) >= 11 is 1.45. The number of hydrogen-bond donors (Lipinski definition) is 2. The Labute approximate surface area is 130 Å². The van der Waals surface area contributed by atoms with Crippen LogP contribution >= 0.6 is 11.3 Å². The number of thiophene rings is 1. The smallest absolute Gasteiger partial charge is 0.263 e. The van der Waals surface area contributed by atoms with Crippen molar-refractivity contribution in [2.45, 2.75) is 31.7 Å². The van der Waals surface area contributed by atoms with E-state index < -0.39 is 10.0 Å². The zero-order valence-corrected chi connectivity index (χ0v) is 13.9. The van der Waals surface area contributed by atoms with Crippen LogP contribution in [0.3, 0.4) is 0 Å². The van der Waals surface area contributed by atoms with E-state index in [-0.39, 0.29) is 0 Å². The van der Waals surface area contributed by atoms with Gasteiger partial charge >= 0.3 is 0 Å². The van der Waals surface area contributed by atoms with Crippen LogP contribution in [0.15, 0.2) is 40.6 Å². The molecule has 1 aromatic heterocycles. The van der Waals surface area contributed by atoms with Crippen molar-refractivity contribution in [1.82, 2.24) is 5.32 Å². The summed E-state index contributed by atoms with van der Waals surface area (Å²) in [6, 6.07) is 9.12. The molecule has 0 aliphatic rings. The van der Waals surface area contributed by atoms with Gasteiger partial charge in [0, 0.05) is 17.1 Å². The Kier molecular flexibility index (Phi) is 5.39. The largest absolute Gasteiger partial charge is 0.312 e. The SMILES string of the molecule is CCNCc1sccc1S(=O)(=O)Nc1ccc(CC)cc1. The Hall–Kier alpha value is -1.37. The molecule has 0 radical (unpaired) electrons. The number of sulfonamides is 1. The maximum absolute atomic E-state index is 12.5. The molecule has 0 aliphatic carbocycles. The lowest BCUT2D eigenvalue weighted by molar-refractivity contribution is 0.599. The van der Waals surface area contributed by atoms with Gasteiger partial charge in [-0.25, -0.2) is 8.42 Å². The molecule has 0 amide bonds. The molecular formula is C15H20N2O2S2. The lowest BCUT2D eigenvalue weighted by Crippen LogP contribution is -2.17. The summed E-state index contributed by atoms with van der Waals surface area (Å²) in [6.07, 6.45) is 0.935. The van der Waals surface area contributed by atoms with Gasteiger partial charge in [-0.3, -0.25) is 4.72 Å². The highest BCUT2D eigenvalue weighted by Gasteiger charge is 2.19. The van der Waals surface area contributed by atoms with Gasteiger partial charge in [-0.15, -0.1) is 11.3 Å². The number of hydrogen-bond acceptors (Lipinski definition) is 4. The van der Waals surface area contributed by atoms with E-state index in [4.69, 9.17) is 0 Å². The van der Waals surface area contributed by atoms with Gasteiger partial charge in [0.1, 0.15) is 4.90 Å². The van der Waals surface area contributed by atoms with Gasteiger partial charge in [-0.05, 0) is 42.1 Å². The van der Waals surface area contributed by atoms with Gasteiger partial charge < -0.3 is 5.32 Å². The molecule has 1 aromatic carbocycles. The second-order valence-corrected chi connectivity index (χ2v) is 7.30. The normalized spacial score (nSPS) is 11.5. The van der Waals surface area contributed by atoms with Crippen molar-refractivity contribution in [2.75, 3.05) is 11.3 Å². The van der Waals surface area contributed by atoms with Crippen LogP contribution in [-0.2, 0) is 23.0 Å². The highest BCUT2D eigenvalue weighted by atomic mass is 32.2. The van der Waals surface area contributed by atoms with Gasteiger partial charge in [0.05, 0.1) is 0 Å². The lowest BCUT2D eigenvalue weighted by Gasteiger charge is -2.09. The lowest BCUT2D eigenvalue weighted by atomic mass is 10.2. The topological polar surface area (TPSA) is 58.2 Å². The second kappa shape index (κ2) is 7.06. The number of benzene rings is 1. The number of rotatable bonds is 7. The first-order valence-electron chi connectivity index (χ1n) is 6.95. The van der Waals surface area contributed by atoms with Crippen molar-refractivity contribution in [2.24, 2.45) is 0 Å². The van der Waals surface area contributed by atoms with Crippen LogP contribution in [0.1, 0.15) is 24.3 Å². The number of anilines is 1. The van der Waals surface area contributed by atoms with Crippen molar-refractivity contribution < 1.29 is 8.42 Å². The molecule has 0 spiro atoms. The van der Waals surface area contributed by atoms with Crippen molar-refractivity contribution in [3.63, 3.8) is 0 Å². The summed E-state index contributed by atoms with van der Waals surface area (Å²) in [5, 5.41) is 4.97. The molecule has 2 N–H and O–H groups in total. The Morgan fingerprint density at radius 1 is 1.10 bits per heavy atom. The van der Waals surface area contributed by atoms with Crippen LogP contribution in [0.5, 0.6) is 0 Å². The first-order valence-corrected chi connectivity index (χ1v) is 9.32. The average molecular weight is 324 g/mol. The molecule has 4 nitrogen and oxygen atoms in total. The van der Waals surface area contributed by atoms with Crippen LogP contribution < -0.4 is 10.0 Å². The summed E-state index contributed by atoms with van der Waals surface area (Å²) in [5.41, 5.74) is 1.77. The minimum absolute atomic E-state index is 0.355. The Morgan fingerprint density at radius 3 is 2.43 bits per heavy atom. The molecular weight excluding hydrogens is 304 g/mol. The zero-order chi connectivity index (χ0) is 15.3. The monoisotopic (exact) mass is 324 g/mol. The van der Waals surface area contributed by atoms with E-state index >= 15 is 0 Å². The van der Waals surface area contributed by atoms with Gasteiger partial charge in [-0.1, -0.05) is 26.0 Å². The number of nitrogens with one attached hydrogen (secondary N) is 2. The molecule has 2 aromatic rings. The average Bonchev–Trinajstić information content (AvgIpc) is 2.95. The summed E-state index contributed by atoms with van der Waals surface area (Å²) in [5.74, 6) is 0. The highest BCUT2D eigenvalue weighted by molar-refractivity contribution is 7.93. The number of aryl methyl sites for hydroxylation is 1.